The molecular weight excluding hydrogens is 335 g/mol. The Morgan fingerprint density at radius 2 is 1.95 bits per heavy atom. The Balaban J connectivity index is 1.96. The molecule has 1 heterocycles. The van der Waals surface area contributed by atoms with E-state index in [1.54, 1.807) is 12.1 Å². The maximum Gasteiger partial charge on any atom is 0.141 e. The van der Waals surface area contributed by atoms with E-state index < -0.39 is 0 Å². The van der Waals surface area contributed by atoms with Crippen LogP contribution in [0.2, 0.25) is 0 Å². The van der Waals surface area contributed by atoms with E-state index in [9.17, 15) is 4.39 Å². The lowest BCUT2D eigenvalue weighted by Crippen LogP contribution is -2.31. The van der Waals surface area contributed by atoms with Crippen molar-refractivity contribution in [1.82, 2.24) is 5.32 Å². The summed E-state index contributed by atoms with van der Waals surface area (Å²) in [5, 5.41) is 3.13. The maximum absolute atomic E-state index is 14.2. The Morgan fingerprint density at radius 1 is 1.14 bits per heavy atom. The highest BCUT2D eigenvalue weighted by atomic mass is 79.9. The van der Waals surface area contributed by atoms with E-state index in [0.29, 0.717) is 29.4 Å². The van der Waals surface area contributed by atoms with Gasteiger partial charge in [-0.05, 0) is 42.8 Å². The maximum atomic E-state index is 14.2. The quantitative estimate of drug-likeness (QED) is 0.904. The predicted molar refractivity (Wildman–Crippen MR) is 84.6 cm³/mol. The van der Waals surface area contributed by atoms with Gasteiger partial charge in [-0.25, -0.2) is 4.39 Å². The molecule has 2 aromatic carbocycles. The minimum Gasteiger partial charge on any atom is -0.456 e. The summed E-state index contributed by atoms with van der Waals surface area (Å²) in [6.07, 6.45) is 0.959. The Kier molecular flexibility index (Phi) is 4.20. The average molecular weight is 349 g/mol. The highest BCUT2D eigenvalue weighted by molar-refractivity contribution is 9.10. The molecule has 108 valence electrons. The van der Waals surface area contributed by atoms with Crippen molar-refractivity contribution in [3.05, 3.63) is 58.3 Å². The van der Waals surface area contributed by atoms with E-state index in [-0.39, 0.29) is 5.82 Å². The highest BCUT2D eigenvalue weighted by Gasteiger charge is 2.18. The summed E-state index contributed by atoms with van der Waals surface area (Å²) >= 11 is 3.37. The first-order valence-electron chi connectivity index (χ1n) is 6.74. The third-order valence-corrected chi connectivity index (χ3v) is 3.68. The van der Waals surface area contributed by atoms with Gasteiger partial charge in [0.15, 0.2) is 0 Å². The van der Waals surface area contributed by atoms with Crippen molar-refractivity contribution in [2.24, 2.45) is 4.99 Å². The number of amidine groups is 1. The molecule has 0 spiro atoms. The molecule has 0 aromatic heterocycles. The van der Waals surface area contributed by atoms with Gasteiger partial charge in [0.05, 0.1) is 5.56 Å². The van der Waals surface area contributed by atoms with Gasteiger partial charge in [-0.1, -0.05) is 22.0 Å². The third-order valence-electron chi connectivity index (χ3n) is 3.15. The molecule has 1 aliphatic rings. The number of hydrogen-bond acceptors (Lipinski definition) is 3. The zero-order valence-corrected chi connectivity index (χ0v) is 12.9. The normalized spacial score (nSPS) is 14.3. The molecule has 0 atom stereocenters. The molecule has 0 amide bonds. The van der Waals surface area contributed by atoms with Gasteiger partial charge in [-0.2, -0.15) is 0 Å². The van der Waals surface area contributed by atoms with Crippen LogP contribution in [0.15, 0.2) is 51.9 Å². The van der Waals surface area contributed by atoms with Crippen LogP contribution in [0.1, 0.15) is 12.0 Å². The molecule has 1 N–H and O–H groups in total. The van der Waals surface area contributed by atoms with Gasteiger partial charge < -0.3 is 10.1 Å². The summed E-state index contributed by atoms with van der Waals surface area (Å²) in [4.78, 5) is 4.35. The first-order chi connectivity index (χ1) is 10.2. The number of halogens is 2. The largest absolute Gasteiger partial charge is 0.456 e. The standard InChI is InChI=1S/C16H14BrFN2O/c17-11-5-7-12(8-6-11)21-14-4-1-3-13(18)15(14)16-19-9-2-10-20-16/h1,3-8H,2,9-10H2,(H,19,20). The lowest BCUT2D eigenvalue weighted by atomic mass is 10.1. The van der Waals surface area contributed by atoms with Gasteiger partial charge in [-0.15, -0.1) is 0 Å². The van der Waals surface area contributed by atoms with Gasteiger partial charge in [0.1, 0.15) is 23.2 Å². The summed E-state index contributed by atoms with van der Waals surface area (Å²) in [5.74, 6) is 1.34. The van der Waals surface area contributed by atoms with Crippen LogP contribution in [0.4, 0.5) is 4.39 Å². The van der Waals surface area contributed by atoms with Gasteiger partial charge >= 0.3 is 0 Å². The number of nitrogens with one attached hydrogen (secondary N) is 1. The zero-order chi connectivity index (χ0) is 14.7. The summed E-state index contributed by atoms with van der Waals surface area (Å²) in [5.41, 5.74) is 0.389. The van der Waals surface area contributed by atoms with Gasteiger partial charge in [0.25, 0.3) is 0 Å². The predicted octanol–water partition coefficient (Wildman–Crippen LogP) is 4.12. The minimum absolute atomic E-state index is 0.335. The fraction of sp³-hybridized carbons (Fsp3) is 0.188. The van der Waals surface area contributed by atoms with Crippen molar-refractivity contribution in [3.8, 4) is 11.5 Å². The van der Waals surface area contributed by atoms with Crippen LogP contribution in [-0.2, 0) is 0 Å². The first-order valence-corrected chi connectivity index (χ1v) is 7.54. The summed E-state index contributed by atoms with van der Waals surface area (Å²) in [6.45, 7) is 1.50. The summed E-state index contributed by atoms with van der Waals surface area (Å²) < 4.78 is 21.0. The van der Waals surface area contributed by atoms with Crippen molar-refractivity contribution in [3.63, 3.8) is 0 Å². The van der Waals surface area contributed by atoms with Crippen LogP contribution in [-0.4, -0.2) is 18.9 Å². The lowest BCUT2D eigenvalue weighted by molar-refractivity contribution is 0.474. The molecular formula is C16H14BrFN2O. The van der Waals surface area contributed by atoms with E-state index >= 15 is 0 Å². The lowest BCUT2D eigenvalue weighted by Gasteiger charge is -2.18. The highest BCUT2D eigenvalue weighted by Crippen LogP contribution is 2.28. The molecule has 0 saturated carbocycles. The minimum atomic E-state index is -0.335. The smallest absolute Gasteiger partial charge is 0.141 e. The second-order valence-electron chi connectivity index (χ2n) is 4.68. The van der Waals surface area contributed by atoms with Crippen molar-refractivity contribution in [2.45, 2.75) is 6.42 Å². The molecule has 0 radical (unpaired) electrons. The van der Waals surface area contributed by atoms with Crippen LogP contribution in [0.25, 0.3) is 0 Å². The Morgan fingerprint density at radius 3 is 2.67 bits per heavy atom. The number of rotatable bonds is 3. The average Bonchev–Trinajstić information content (AvgIpc) is 2.51. The molecule has 5 heteroatoms. The van der Waals surface area contributed by atoms with Crippen LogP contribution >= 0.6 is 15.9 Å². The molecule has 2 aromatic rings. The second kappa shape index (κ2) is 6.26. The van der Waals surface area contributed by atoms with Gasteiger partial charge in [0, 0.05) is 17.6 Å². The third kappa shape index (κ3) is 3.24. The molecule has 21 heavy (non-hydrogen) atoms. The van der Waals surface area contributed by atoms with Crippen molar-refractivity contribution < 1.29 is 9.13 Å². The summed E-state index contributed by atoms with van der Waals surface area (Å²) in [7, 11) is 0. The van der Waals surface area contributed by atoms with E-state index in [4.69, 9.17) is 4.74 Å². The van der Waals surface area contributed by atoms with Crippen LogP contribution in [0, 0.1) is 5.82 Å². The van der Waals surface area contributed by atoms with Crippen LogP contribution in [0.3, 0.4) is 0 Å². The number of ether oxygens (including phenoxy) is 1. The molecule has 0 aliphatic carbocycles. The van der Waals surface area contributed by atoms with E-state index in [0.717, 1.165) is 17.4 Å². The number of hydrogen-bond donors (Lipinski definition) is 1. The number of benzene rings is 2. The van der Waals surface area contributed by atoms with Crippen molar-refractivity contribution in [2.75, 3.05) is 13.1 Å². The van der Waals surface area contributed by atoms with Gasteiger partial charge in [-0.3, -0.25) is 4.99 Å². The van der Waals surface area contributed by atoms with Gasteiger partial charge in [0.2, 0.25) is 0 Å². The topological polar surface area (TPSA) is 33.6 Å². The molecule has 0 bridgehead atoms. The fourth-order valence-corrected chi connectivity index (χ4v) is 2.41. The molecule has 0 saturated heterocycles. The molecule has 0 fully saturated rings. The molecule has 3 rings (SSSR count). The summed E-state index contributed by atoms with van der Waals surface area (Å²) in [6, 6.07) is 12.2. The second-order valence-corrected chi connectivity index (χ2v) is 5.60. The van der Waals surface area contributed by atoms with Crippen LogP contribution < -0.4 is 10.1 Å². The first kappa shape index (κ1) is 14.1. The van der Waals surface area contributed by atoms with E-state index in [1.165, 1.54) is 6.07 Å². The van der Waals surface area contributed by atoms with E-state index in [1.807, 2.05) is 24.3 Å². The SMILES string of the molecule is Fc1cccc(Oc2ccc(Br)cc2)c1C1=NCCCN1. The Hall–Kier alpha value is -1.88. The fourth-order valence-electron chi connectivity index (χ4n) is 2.15. The Bertz CT molecular complexity index is 670. The number of nitrogens with zero attached hydrogens (tertiary/aromatic N) is 1. The van der Waals surface area contributed by atoms with Crippen molar-refractivity contribution >= 4 is 21.8 Å². The monoisotopic (exact) mass is 348 g/mol. The number of aliphatic imine (C=N–C) groups is 1. The zero-order valence-electron chi connectivity index (χ0n) is 11.3. The molecule has 1 aliphatic heterocycles. The van der Waals surface area contributed by atoms with Crippen molar-refractivity contribution in [1.29, 1.82) is 0 Å². The molecule has 0 unspecified atom stereocenters. The Labute approximate surface area is 131 Å². The van der Waals surface area contributed by atoms with E-state index in [2.05, 4.69) is 26.2 Å². The molecule has 3 nitrogen and oxygen atoms in total. The van der Waals surface area contributed by atoms with Crippen LogP contribution in [0.5, 0.6) is 11.5 Å².